The van der Waals surface area contributed by atoms with Crippen molar-refractivity contribution in [1.29, 1.82) is 0 Å². The highest BCUT2D eigenvalue weighted by Crippen LogP contribution is 2.32. The number of thiazole rings is 1. The van der Waals surface area contributed by atoms with E-state index in [-0.39, 0.29) is 19.0 Å². The van der Waals surface area contributed by atoms with Crippen molar-refractivity contribution in [3.8, 4) is 22.8 Å². The molecule has 0 saturated carbocycles. The number of hydrogen-bond acceptors (Lipinski definition) is 8. The van der Waals surface area contributed by atoms with E-state index < -0.39 is 11.9 Å². The van der Waals surface area contributed by atoms with Gasteiger partial charge < -0.3 is 19.7 Å². The molecule has 0 bridgehead atoms. The number of hydrogen-bond donors (Lipinski definition) is 1. The van der Waals surface area contributed by atoms with Crippen molar-refractivity contribution in [3.63, 3.8) is 0 Å². The molecule has 226 valence electrons. The minimum Gasteiger partial charge on any atom is -0.497 e. The molecule has 0 aliphatic carbocycles. The number of anilines is 1. The molecule has 45 heavy (non-hydrogen) atoms. The van der Waals surface area contributed by atoms with Gasteiger partial charge in [0.2, 0.25) is 5.91 Å². The van der Waals surface area contributed by atoms with E-state index in [2.05, 4.69) is 15.6 Å². The first-order valence-electron chi connectivity index (χ1n) is 14.2. The molecule has 0 radical (unpaired) electrons. The Morgan fingerprint density at radius 1 is 0.911 bits per heavy atom. The number of amides is 2. The maximum Gasteiger partial charge on any atom is 0.251 e. The molecule has 0 saturated heterocycles. The van der Waals surface area contributed by atoms with Crippen LogP contribution in [0, 0.1) is 0 Å². The maximum atomic E-state index is 14.3. The Morgan fingerprint density at radius 2 is 1.64 bits per heavy atom. The van der Waals surface area contributed by atoms with E-state index in [0.717, 1.165) is 16.8 Å². The predicted octanol–water partition coefficient (Wildman–Crippen LogP) is 5.98. The van der Waals surface area contributed by atoms with Gasteiger partial charge in [0.25, 0.3) is 5.91 Å². The second-order valence-electron chi connectivity index (χ2n) is 10.1. The van der Waals surface area contributed by atoms with Crippen molar-refractivity contribution in [2.24, 2.45) is 0 Å². The van der Waals surface area contributed by atoms with E-state index in [9.17, 15) is 9.59 Å². The molecular formula is C34H30N6O4S. The number of para-hydroxylation sites is 1. The average molecular weight is 619 g/mol. The van der Waals surface area contributed by atoms with Crippen LogP contribution < -0.4 is 14.8 Å². The molecule has 1 N–H and O–H groups in total. The zero-order chi connectivity index (χ0) is 31.2. The van der Waals surface area contributed by atoms with Crippen LogP contribution in [0.2, 0.25) is 0 Å². The van der Waals surface area contributed by atoms with Gasteiger partial charge in [-0.2, -0.15) is 0 Å². The maximum absolute atomic E-state index is 14.3. The summed E-state index contributed by atoms with van der Waals surface area (Å²) in [7, 11) is 3.08. The van der Waals surface area contributed by atoms with Crippen LogP contribution in [0.3, 0.4) is 0 Å². The second kappa shape index (κ2) is 13.4. The zero-order valence-corrected chi connectivity index (χ0v) is 25.5. The van der Waals surface area contributed by atoms with Crippen molar-refractivity contribution in [3.05, 3.63) is 119 Å². The SMILES string of the molecule is COc1ccc(NC(=O)[C@H](c2ccccc2)N(Cc2nc(-c3ccccc3)cs2)C(=O)Cn2nnc3ccccc32)c(OC)c1. The molecule has 11 heteroatoms. The van der Waals surface area contributed by atoms with Crippen molar-refractivity contribution < 1.29 is 19.1 Å². The summed E-state index contributed by atoms with van der Waals surface area (Å²) in [4.78, 5) is 35.0. The Hall–Kier alpha value is -5.55. The van der Waals surface area contributed by atoms with Crippen molar-refractivity contribution in [2.75, 3.05) is 19.5 Å². The quantitative estimate of drug-likeness (QED) is 0.190. The van der Waals surface area contributed by atoms with Crippen LogP contribution in [0.4, 0.5) is 5.69 Å². The smallest absolute Gasteiger partial charge is 0.251 e. The highest BCUT2D eigenvalue weighted by molar-refractivity contribution is 7.09. The van der Waals surface area contributed by atoms with Gasteiger partial charge in [-0.15, -0.1) is 16.4 Å². The number of ether oxygens (including phenoxy) is 2. The van der Waals surface area contributed by atoms with Crippen LogP contribution in [-0.4, -0.2) is 50.9 Å². The van der Waals surface area contributed by atoms with Gasteiger partial charge >= 0.3 is 0 Å². The van der Waals surface area contributed by atoms with Crippen LogP contribution in [0.25, 0.3) is 22.3 Å². The third-order valence-electron chi connectivity index (χ3n) is 7.29. The molecular weight excluding hydrogens is 588 g/mol. The number of methoxy groups -OCH3 is 2. The minimum atomic E-state index is -1.01. The molecule has 6 rings (SSSR count). The topological polar surface area (TPSA) is 111 Å². The molecule has 2 aromatic heterocycles. The van der Waals surface area contributed by atoms with Crippen LogP contribution in [0.15, 0.2) is 109 Å². The first kappa shape index (κ1) is 29.5. The lowest BCUT2D eigenvalue weighted by Gasteiger charge is -2.31. The Bertz CT molecular complexity index is 1930. The Kier molecular flexibility index (Phi) is 8.79. The summed E-state index contributed by atoms with van der Waals surface area (Å²) in [5.74, 6) is 0.266. The Balaban J connectivity index is 1.39. The first-order chi connectivity index (χ1) is 22.0. The average Bonchev–Trinajstić information content (AvgIpc) is 3.73. The van der Waals surface area contributed by atoms with Gasteiger partial charge in [-0.25, -0.2) is 9.67 Å². The second-order valence-corrected chi connectivity index (χ2v) is 11.1. The molecule has 0 aliphatic rings. The molecule has 1 atom stereocenters. The molecule has 0 fully saturated rings. The molecule has 4 aromatic carbocycles. The summed E-state index contributed by atoms with van der Waals surface area (Å²) in [6.45, 7) is -0.0321. The number of carbonyl (C=O) groups excluding carboxylic acids is 2. The number of nitrogens with one attached hydrogen (secondary N) is 1. The summed E-state index contributed by atoms with van der Waals surface area (Å²) >= 11 is 1.43. The van der Waals surface area contributed by atoms with E-state index in [1.165, 1.54) is 18.4 Å². The lowest BCUT2D eigenvalue weighted by molar-refractivity contribution is -0.140. The number of benzene rings is 4. The third kappa shape index (κ3) is 6.53. The van der Waals surface area contributed by atoms with Crippen molar-refractivity contribution >= 4 is 39.9 Å². The van der Waals surface area contributed by atoms with Gasteiger partial charge in [-0.1, -0.05) is 78.0 Å². The fourth-order valence-corrected chi connectivity index (χ4v) is 5.86. The summed E-state index contributed by atoms with van der Waals surface area (Å²) < 4.78 is 12.4. The first-order valence-corrected chi connectivity index (χ1v) is 15.1. The van der Waals surface area contributed by atoms with Crippen LogP contribution in [0.5, 0.6) is 11.5 Å². The predicted molar refractivity (Wildman–Crippen MR) is 173 cm³/mol. The van der Waals surface area contributed by atoms with E-state index in [4.69, 9.17) is 14.5 Å². The molecule has 10 nitrogen and oxygen atoms in total. The molecule has 6 aromatic rings. The van der Waals surface area contributed by atoms with E-state index in [0.29, 0.717) is 33.3 Å². The number of fused-ring (bicyclic) bond motifs is 1. The summed E-state index contributed by atoms with van der Waals surface area (Å²) in [6, 6.07) is 30.6. The van der Waals surface area contributed by atoms with Crippen LogP contribution in [0.1, 0.15) is 16.6 Å². The number of rotatable bonds is 11. The van der Waals surface area contributed by atoms with Gasteiger partial charge in [0.05, 0.1) is 37.7 Å². The van der Waals surface area contributed by atoms with Gasteiger partial charge in [0.1, 0.15) is 34.6 Å². The fourth-order valence-electron chi connectivity index (χ4n) is 5.06. The number of carbonyl (C=O) groups is 2. The third-order valence-corrected chi connectivity index (χ3v) is 8.13. The highest BCUT2D eigenvalue weighted by atomic mass is 32.1. The Labute approximate surface area is 263 Å². The molecule has 0 unspecified atom stereocenters. The van der Waals surface area contributed by atoms with Crippen LogP contribution >= 0.6 is 11.3 Å². The van der Waals surface area contributed by atoms with Gasteiger partial charge in [0, 0.05) is 17.0 Å². The van der Waals surface area contributed by atoms with E-state index >= 15 is 0 Å². The number of nitrogens with zero attached hydrogens (tertiary/aromatic N) is 5. The zero-order valence-electron chi connectivity index (χ0n) is 24.7. The normalized spacial score (nSPS) is 11.6. The van der Waals surface area contributed by atoms with Crippen LogP contribution in [-0.2, 0) is 22.7 Å². The minimum absolute atomic E-state index is 0.0929. The highest BCUT2D eigenvalue weighted by Gasteiger charge is 2.33. The van der Waals surface area contributed by atoms with E-state index in [1.807, 2.05) is 90.3 Å². The largest absolute Gasteiger partial charge is 0.497 e. The van der Waals surface area contributed by atoms with Gasteiger partial charge in [-0.3, -0.25) is 9.59 Å². The van der Waals surface area contributed by atoms with Crippen molar-refractivity contribution in [2.45, 2.75) is 19.1 Å². The lowest BCUT2D eigenvalue weighted by atomic mass is 10.0. The molecule has 0 spiro atoms. The summed E-state index contributed by atoms with van der Waals surface area (Å²) in [5.41, 5.74) is 4.24. The molecule has 2 amide bonds. The number of aromatic nitrogens is 4. The van der Waals surface area contributed by atoms with Gasteiger partial charge in [-0.05, 0) is 29.8 Å². The van der Waals surface area contributed by atoms with Gasteiger partial charge in [0.15, 0.2) is 0 Å². The Morgan fingerprint density at radius 3 is 2.40 bits per heavy atom. The van der Waals surface area contributed by atoms with Crippen molar-refractivity contribution in [1.82, 2.24) is 24.9 Å². The summed E-state index contributed by atoms with van der Waals surface area (Å²) in [5, 5.41) is 14.1. The monoisotopic (exact) mass is 618 g/mol. The standard InChI is InChI=1S/C34H30N6O4S/c1-43-25-17-18-27(30(19-25)44-2)36-34(42)33(24-13-7-4-8-14-24)39(20-31-35-28(22-45-31)23-11-5-3-6-12-23)32(41)21-40-29-16-10-9-15-26(29)37-38-40/h3-19,22,33H,20-21H2,1-2H3,(H,36,42)/t33-/m0/s1. The fraction of sp³-hybridized carbons (Fsp3) is 0.147. The lowest BCUT2D eigenvalue weighted by Crippen LogP contribution is -2.42. The molecule has 0 aliphatic heterocycles. The van der Waals surface area contributed by atoms with E-state index in [1.54, 1.807) is 34.9 Å². The summed E-state index contributed by atoms with van der Waals surface area (Å²) in [6.07, 6.45) is 0. The molecule has 2 heterocycles.